The first-order valence-electron chi connectivity index (χ1n) is 4.28. The number of hydrogen-bond acceptors (Lipinski definition) is 1. The first kappa shape index (κ1) is 7.43. The van der Waals surface area contributed by atoms with Crippen LogP contribution in [0.15, 0.2) is 0 Å². The summed E-state index contributed by atoms with van der Waals surface area (Å²) in [7, 11) is 0. The summed E-state index contributed by atoms with van der Waals surface area (Å²) in [6, 6.07) is 2.46. The fraction of sp³-hybridized carbons (Fsp3) is 0.889. The largest absolute Gasteiger partial charge is 0.198 e. The molecule has 1 nitrogen and oxygen atoms in total. The molecule has 2 bridgehead atoms. The van der Waals surface area contributed by atoms with E-state index in [-0.39, 0.29) is 10.3 Å². The molecule has 0 unspecified atom stereocenters. The van der Waals surface area contributed by atoms with Crippen LogP contribution in [0.4, 0.5) is 0 Å². The molecule has 0 radical (unpaired) electrons. The zero-order valence-electron chi connectivity index (χ0n) is 6.57. The van der Waals surface area contributed by atoms with Gasteiger partial charge >= 0.3 is 0 Å². The molecule has 0 aromatic rings. The van der Waals surface area contributed by atoms with Crippen molar-refractivity contribution in [3.05, 3.63) is 0 Å². The average Bonchev–Trinajstić information content (AvgIpc) is 2.07. The second kappa shape index (κ2) is 2.14. The van der Waals surface area contributed by atoms with E-state index < -0.39 is 0 Å². The highest BCUT2D eigenvalue weighted by Crippen LogP contribution is 2.54. The minimum atomic E-state index is 0.0244. The van der Waals surface area contributed by atoms with Crippen LogP contribution >= 0.6 is 11.6 Å². The molecule has 0 N–H and O–H groups in total. The van der Waals surface area contributed by atoms with E-state index in [0.717, 1.165) is 38.5 Å². The van der Waals surface area contributed by atoms with E-state index in [9.17, 15) is 0 Å². The summed E-state index contributed by atoms with van der Waals surface area (Å²) >= 11 is 6.31. The van der Waals surface area contributed by atoms with Gasteiger partial charge in [0.2, 0.25) is 0 Å². The first-order valence-corrected chi connectivity index (χ1v) is 4.66. The van der Waals surface area contributed by atoms with Gasteiger partial charge in [-0.3, -0.25) is 0 Å². The molecule has 0 saturated heterocycles. The Labute approximate surface area is 72.3 Å². The fourth-order valence-corrected chi connectivity index (χ4v) is 2.59. The van der Waals surface area contributed by atoms with Crippen molar-refractivity contribution in [3.8, 4) is 6.07 Å². The highest BCUT2D eigenvalue weighted by atomic mass is 35.5. The van der Waals surface area contributed by atoms with Gasteiger partial charge in [0.05, 0.1) is 11.5 Å². The Balaban J connectivity index is 2.20. The zero-order chi connectivity index (χ0) is 7.95. The van der Waals surface area contributed by atoms with Crippen LogP contribution in [0, 0.1) is 16.7 Å². The lowest BCUT2D eigenvalue weighted by molar-refractivity contribution is 0.134. The minimum absolute atomic E-state index is 0.0244. The molecule has 0 aromatic carbocycles. The molecule has 3 fully saturated rings. The highest BCUT2D eigenvalue weighted by Gasteiger charge is 2.47. The summed E-state index contributed by atoms with van der Waals surface area (Å²) in [5.41, 5.74) is 0.0244. The van der Waals surface area contributed by atoms with Crippen LogP contribution in [0.25, 0.3) is 0 Å². The van der Waals surface area contributed by atoms with Crippen molar-refractivity contribution in [2.75, 3.05) is 0 Å². The molecule has 3 saturated carbocycles. The van der Waals surface area contributed by atoms with Gasteiger partial charge in [-0.1, -0.05) is 0 Å². The number of alkyl halides is 1. The van der Waals surface area contributed by atoms with E-state index in [0.29, 0.717) is 0 Å². The molecule has 0 spiro atoms. The average molecular weight is 170 g/mol. The monoisotopic (exact) mass is 169 g/mol. The SMILES string of the molecule is N#CC12CCC(Cl)(CC1)CC2. The van der Waals surface area contributed by atoms with Gasteiger partial charge in [0.1, 0.15) is 0 Å². The molecule has 3 aliphatic carbocycles. The molecular weight excluding hydrogens is 158 g/mol. The predicted octanol–water partition coefficient (Wildman–Crippen LogP) is 2.84. The summed E-state index contributed by atoms with van der Waals surface area (Å²) in [6.45, 7) is 0. The van der Waals surface area contributed by atoms with Crippen molar-refractivity contribution >= 4 is 11.6 Å². The van der Waals surface area contributed by atoms with E-state index in [2.05, 4.69) is 6.07 Å². The van der Waals surface area contributed by atoms with E-state index >= 15 is 0 Å². The molecule has 0 amide bonds. The van der Waals surface area contributed by atoms with E-state index in [4.69, 9.17) is 16.9 Å². The normalized spacial score (nSPS) is 48.7. The van der Waals surface area contributed by atoms with Gasteiger partial charge < -0.3 is 0 Å². The number of fused-ring (bicyclic) bond motifs is 3. The lowest BCUT2D eigenvalue weighted by Gasteiger charge is -2.46. The smallest absolute Gasteiger partial charge is 0.0689 e. The minimum Gasteiger partial charge on any atom is -0.198 e. The van der Waals surface area contributed by atoms with Crippen molar-refractivity contribution in [2.45, 2.75) is 43.4 Å². The molecule has 0 atom stereocenters. The Morgan fingerprint density at radius 3 is 1.82 bits per heavy atom. The van der Waals surface area contributed by atoms with Crippen LogP contribution in [0.3, 0.4) is 0 Å². The standard InChI is InChI=1S/C9H12ClN/c10-9-4-1-8(7-11,2-5-9)3-6-9/h1-6H2. The zero-order valence-corrected chi connectivity index (χ0v) is 7.32. The number of halogens is 1. The number of nitrogens with zero attached hydrogens (tertiary/aromatic N) is 1. The van der Waals surface area contributed by atoms with Crippen molar-refractivity contribution in [1.29, 1.82) is 5.26 Å². The Bertz CT molecular complexity index is 192. The Morgan fingerprint density at radius 1 is 1.00 bits per heavy atom. The molecule has 60 valence electrons. The molecule has 0 heterocycles. The maximum absolute atomic E-state index is 8.96. The number of rotatable bonds is 0. The van der Waals surface area contributed by atoms with E-state index in [1.807, 2.05) is 0 Å². The van der Waals surface area contributed by atoms with Gasteiger partial charge in [0, 0.05) is 4.87 Å². The second-order valence-corrected chi connectivity index (χ2v) is 4.84. The van der Waals surface area contributed by atoms with Crippen molar-refractivity contribution < 1.29 is 0 Å². The van der Waals surface area contributed by atoms with Crippen molar-refractivity contribution in [1.82, 2.24) is 0 Å². The quantitative estimate of drug-likeness (QED) is 0.512. The molecule has 11 heavy (non-hydrogen) atoms. The molecule has 3 aliphatic rings. The molecule has 2 heteroatoms. The third-order valence-corrected chi connectivity index (χ3v) is 3.96. The Morgan fingerprint density at radius 2 is 1.45 bits per heavy atom. The van der Waals surface area contributed by atoms with Crippen LogP contribution < -0.4 is 0 Å². The van der Waals surface area contributed by atoms with Crippen LogP contribution in [0.2, 0.25) is 0 Å². The molecule has 3 rings (SSSR count). The van der Waals surface area contributed by atoms with Crippen molar-refractivity contribution in [3.63, 3.8) is 0 Å². The second-order valence-electron chi connectivity index (χ2n) is 4.04. The van der Waals surface area contributed by atoms with E-state index in [1.165, 1.54) is 0 Å². The number of nitriles is 1. The van der Waals surface area contributed by atoms with Crippen LogP contribution in [-0.2, 0) is 0 Å². The third-order valence-electron chi connectivity index (χ3n) is 3.39. The lowest BCUT2D eigenvalue weighted by atomic mass is 9.61. The Kier molecular flexibility index (Phi) is 1.44. The third kappa shape index (κ3) is 1.05. The van der Waals surface area contributed by atoms with Crippen molar-refractivity contribution in [2.24, 2.45) is 5.41 Å². The summed E-state index contributed by atoms with van der Waals surface area (Å²) in [4.78, 5) is 0.0819. The molecule has 0 aliphatic heterocycles. The predicted molar refractivity (Wildman–Crippen MR) is 44.3 cm³/mol. The molecule has 0 aromatic heterocycles. The van der Waals surface area contributed by atoms with Gasteiger partial charge in [-0.25, -0.2) is 0 Å². The van der Waals surface area contributed by atoms with Gasteiger partial charge in [-0.05, 0) is 38.5 Å². The van der Waals surface area contributed by atoms with Gasteiger partial charge in [0.25, 0.3) is 0 Å². The van der Waals surface area contributed by atoms with Crippen LogP contribution in [0.5, 0.6) is 0 Å². The van der Waals surface area contributed by atoms with Gasteiger partial charge in [-0.15, -0.1) is 11.6 Å². The Hall–Kier alpha value is -0.220. The van der Waals surface area contributed by atoms with Gasteiger partial charge in [-0.2, -0.15) is 5.26 Å². The fourth-order valence-electron chi connectivity index (χ4n) is 2.31. The summed E-state index contributed by atoms with van der Waals surface area (Å²) in [6.07, 6.45) is 6.28. The van der Waals surface area contributed by atoms with E-state index in [1.54, 1.807) is 0 Å². The lowest BCUT2D eigenvalue weighted by Crippen LogP contribution is -2.41. The summed E-state index contributed by atoms with van der Waals surface area (Å²) < 4.78 is 0. The van der Waals surface area contributed by atoms with Crippen LogP contribution in [0.1, 0.15) is 38.5 Å². The summed E-state index contributed by atoms with van der Waals surface area (Å²) in [5.74, 6) is 0. The topological polar surface area (TPSA) is 23.8 Å². The first-order chi connectivity index (χ1) is 5.18. The highest BCUT2D eigenvalue weighted by molar-refractivity contribution is 6.24. The summed E-state index contributed by atoms with van der Waals surface area (Å²) in [5, 5.41) is 8.96. The van der Waals surface area contributed by atoms with Crippen LogP contribution in [-0.4, -0.2) is 4.87 Å². The number of hydrogen-bond donors (Lipinski definition) is 0. The maximum Gasteiger partial charge on any atom is 0.0689 e. The van der Waals surface area contributed by atoms with Gasteiger partial charge in [0.15, 0.2) is 0 Å². The maximum atomic E-state index is 8.96. The molecular formula is C9H12ClN.